The molecule has 1 heterocycles. The van der Waals surface area contributed by atoms with Gasteiger partial charge in [0.1, 0.15) is 0 Å². The molecule has 0 atom stereocenters. The molecule has 1 saturated carbocycles. The fraction of sp³-hybridized carbons (Fsp3) is 0.304. The summed E-state index contributed by atoms with van der Waals surface area (Å²) < 4.78 is 39.5. The van der Waals surface area contributed by atoms with E-state index in [1.165, 1.54) is 12.1 Å². The molecule has 8 heteroatoms. The second-order valence-corrected chi connectivity index (χ2v) is 7.78. The lowest BCUT2D eigenvalue weighted by molar-refractivity contribution is -0.137. The zero-order chi connectivity index (χ0) is 22.0. The molecule has 3 N–H and O–H groups in total. The SMILES string of the molecule is N#Cc1ccc(N[C@H]2CC[C@@H](NC(=O)c3c[nH]c4ccccc34)CC2)cc1C(F)(F)F. The van der Waals surface area contributed by atoms with Crippen LogP contribution in [0.3, 0.4) is 0 Å². The van der Waals surface area contributed by atoms with Gasteiger partial charge in [0.25, 0.3) is 5.91 Å². The summed E-state index contributed by atoms with van der Waals surface area (Å²) in [5.41, 5.74) is 0.536. The Bertz CT molecular complexity index is 1140. The van der Waals surface area contributed by atoms with Crippen LogP contribution in [0.25, 0.3) is 10.9 Å². The highest BCUT2D eigenvalue weighted by molar-refractivity contribution is 6.06. The number of hydrogen-bond acceptors (Lipinski definition) is 3. The van der Waals surface area contributed by atoms with Crippen molar-refractivity contribution in [2.45, 2.75) is 43.9 Å². The standard InChI is InChI=1S/C23H21F3N4O/c24-23(25,26)20-11-17(6-5-14(20)12-27)29-15-7-9-16(10-8-15)30-22(31)19-13-28-21-4-2-1-3-18(19)21/h1-6,11,13,15-16,28-29H,7-10H2,(H,30,31)/t15-,16+. The summed E-state index contributed by atoms with van der Waals surface area (Å²) in [7, 11) is 0. The van der Waals surface area contributed by atoms with Crippen LogP contribution in [0.5, 0.6) is 0 Å². The zero-order valence-electron chi connectivity index (χ0n) is 16.6. The maximum absolute atomic E-state index is 13.2. The monoisotopic (exact) mass is 426 g/mol. The van der Waals surface area contributed by atoms with E-state index in [1.807, 2.05) is 24.3 Å². The Balaban J connectivity index is 1.35. The molecule has 1 fully saturated rings. The maximum Gasteiger partial charge on any atom is 0.417 e. The van der Waals surface area contributed by atoms with Gasteiger partial charge in [-0.15, -0.1) is 0 Å². The first-order valence-corrected chi connectivity index (χ1v) is 10.1. The first-order valence-electron chi connectivity index (χ1n) is 10.1. The molecule has 0 aliphatic heterocycles. The van der Waals surface area contributed by atoms with Gasteiger partial charge in [0, 0.05) is 34.9 Å². The van der Waals surface area contributed by atoms with Crippen LogP contribution in [0.2, 0.25) is 0 Å². The van der Waals surface area contributed by atoms with Gasteiger partial charge >= 0.3 is 6.18 Å². The number of aromatic nitrogens is 1. The summed E-state index contributed by atoms with van der Waals surface area (Å²) >= 11 is 0. The Hall–Kier alpha value is -3.47. The van der Waals surface area contributed by atoms with E-state index in [0.717, 1.165) is 42.7 Å². The predicted molar refractivity (Wildman–Crippen MR) is 112 cm³/mol. The van der Waals surface area contributed by atoms with E-state index in [4.69, 9.17) is 5.26 Å². The van der Waals surface area contributed by atoms with Gasteiger partial charge in [0.15, 0.2) is 0 Å². The molecule has 1 amide bonds. The van der Waals surface area contributed by atoms with Gasteiger partial charge in [-0.05, 0) is 49.9 Å². The second kappa shape index (κ2) is 8.34. The van der Waals surface area contributed by atoms with Gasteiger partial charge in [-0.25, -0.2) is 0 Å². The minimum Gasteiger partial charge on any atom is -0.382 e. The van der Waals surface area contributed by atoms with Crippen molar-refractivity contribution in [3.63, 3.8) is 0 Å². The third-order valence-electron chi connectivity index (χ3n) is 5.71. The Labute approximate surface area is 177 Å². The number of nitriles is 1. The van der Waals surface area contributed by atoms with Crippen LogP contribution >= 0.6 is 0 Å². The average molecular weight is 426 g/mol. The highest BCUT2D eigenvalue weighted by atomic mass is 19.4. The number of aromatic amines is 1. The average Bonchev–Trinajstić information content (AvgIpc) is 3.19. The van der Waals surface area contributed by atoms with E-state index in [-0.39, 0.29) is 23.6 Å². The highest BCUT2D eigenvalue weighted by Gasteiger charge is 2.34. The molecule has 0 bridgehead atoms. The van der Waals surface area contributed by atoms with E-state index in [1.54, 1.807) is 12.3 Å². The zero-order valence-corrected chi connectivity index (χ0v) is 16.6. The molecule has 0 spiro atoms. The lowest BCUT2D eigenvalue weighted by atomic mass is 9.90. The first-order chi connectivity index (χ1) is 14.8. The van der Waals surface area contributed by atoms with Crippen LogP contribution < -0.4 is 10.6 Å². The number of carbonyl (C=O) groups excluding carboxylic acids is 1. The molecule has 1 aromatic heterocycles. The third kappa shape index (κ3) is 4.50. The van der Waals surface area contributed by atoms with E-state index in [0.29, 0.717) is 11.3 Å². The Kier molecular flexibility index (Phi) is 5.59. The number of alkyl halides is 3. The minimum absolute atomic E-state index is 0.00950. The van der Waals surface area contributed by atoms with Crippen LogP contribution in [0.1, 0.15) is 47.2 Å². The van der Waals surface area contributed by atoms with E-state index in [9.17, 15) is 18.0 Å². The van der Waals surface area contributed by atoms with Crippen molar-refractivity contribution in [2.24, 2.45) is 0 Å². The number of carbonyl (C=O) groups is 1. The largest absolute Gasteiger partial charge is 0.417 e. The van der Waals surface area contributed by atoms with E-state index >= 15 is 0 Å². The number of amides is 1. The molecule has 1 aliphatic carbocycles. The topological polar surface area (TPSA) is 80.7 Å². The van der Waals surface area contributed by atoms with Crippen LogP contribution in [-0.4, -0.2) is 23.0 Å². The third-order valence-corrected chi connectivity index (χ3v) is 5.71. The first kappa shape index (κ1) is 20.8. The summed E-state index contributed by atoms with van der Waals surface area (Å²) in [4.78, 5) is 15.8. The number of para-hydroxylation sites is 1. The number of H-pyrrole nitrogens is 1. The minimum atomic E-state index is -4.58. The molecule has 3 aromatic rings. The lowest BCUT2D eigenvalue weighted by Crippen LogP contribution is -2.40. The van der Waals surface area contributed by atoms with E-state index in [2.05, 4.69) is 15.6 Å². The summed E-state index contributed by atoms with van der Waals surface area (Å²) in [5.74, 6) is -0.129. The van der Waals surface area contributed by atoms with Crippen molar-refractivity contribution in [1.29, 1.82) is 5.26 Å². The smallest absolute Gasteiger partial charge is 0.382 e. The van der Waals surface area contributed by atoms with Crippen LogP contribution in [0.4, 0.5) is 18.9 Å². The van der Waals surface area contributed by atoms with Gasteiger partial charge in [-0.1, -0.05) is 18.2 Å². The van der Waals surface area contributed by atoms with E-state index < -0.39 is 11.7 Å². The lowest BCUT2D eigenvalue weighted by Gasteiger charge is -2.30. The van der Waals surface area contributed by atoms with Crippen LogP contribution in [0.15, 0.2) is 48.7 Å². The normalized spacial score (nSPS) is 19.0. The Morgan fingerprint density at radius 3 is 2.48 bits per heavy atom. The summed E-state index contributed by atoms with van der Waals surface area (Å²) in [6, 6.07) is 12.9. The second-order valence-electron chi connectivity index (χ2n) is 7.78. The van der Waals surface area contributed by atoms with Crippen molar-refractivity contribution in [3.8, 4) is 6.07 Å². The van der Waals surface area contributed by atoms with Crippen molar-refractivity contribution in [1.82, 2.24) is 10.3 Å². The molecule has 0 saturated heterocycles. The van der Waals surface area contributed by atoms with Crippen molar-refractivity contribution < 1.29 is 18.0 Å². The molecule has 2 aromatic carbocycles. The number of nitrogens with zero attached hydrogens (tertiary/aromatic N) is 1. The number of rotatable bonds is 4. The molecule has 5 nitrogen and oxygen atoms in total. The molecule has 0 radical (unpaired) electrons. The van der Waals surface area contributed by atoms with Gasteiger partial charge in [-0.2, -0.15) is 18.4 Å². The Morgan fingerprint density at radius 2 is 1.77 bits per heavy atom. The number of hydrogen-bond donors (Lipinski definition) is 3. The van der Waals surface area contributed by atoms with Crippen molar-refractivity contribution in [3.05, 3.63) is 65.4 Å². The van der Waals surface area contributed by atoms with Gasteiger partial charge < -0.3 is 15.6 Å². The maximum atomic E-state index is 13.2. The number of halogens is 3. The Morgan fingerprint density at radius 1 is 1.06 bits per heavy atom. The molecular weight excluding hydrogens is 405 g/mol. The number of fused-ring (bicyclic) bond motifs is 1. The van der Waals surface area contributed by atoms with Crippen molar-refractivity contribution in [2.75, 3.05) is 5.32 Å². The van der Waals surface area contributed by atoms with Gasteiger partial charge in [-0.3, -0.25) is 4.79 Å². The molecule has 0 unspecified atom stereocenters. The summed E-state index contributed by atoms with van der Waals surface area (Å²) in [5, 5.41) is 16.0. The van der Waals surface area contributed by atoms with Crippen LogP contribution in [0, 0.1) is 11.3 Å². The number of nitrogens with one attached hydrogen (secondary N) is 3. The number of benzene rings is 2. The summed E-state index contributed by atoms with van der Waals surface area (Å²) in [6.07, 6.45) is 0.0339. The highest BCUT2D eigenvalue weighted by Crippen LogP contribution is 2.34. The fourth-order valence-corrected chi connectivity index (χ4v) is 4.11. The summed E-state index contributed by atoms with van der Waals surface area (Å²) in [6.45, 7) is 0. The predicted octanol–water partition coefficient (Wildman–Crippen LogP) is 5.21. The van der Waals surface area contributed by atoms with Crippen LogP contribution in [-0.2, 0) is 6.18 Å². The van der Waals surface area contributed by atoms with Crippen molar-refractivity contribution >= 4 is 22.5 Å². The van der Waals surface area contributed by atoms with Gasteiger partial charge in [0.2, 0.25) is 0 Å². The number of anilines is 1. The molecule has 160 valence electrons. The quantitative estimate of drug-likeness (QED) is 0.536. The molecule has 4 rings (SSSR count). The molecule has 31 heavy (non-hydrogen) atoms. The fourth-order valence-electron chi connectivity index (χ4n) is 4.11. The molecular formula is C23H21F3N4O. The van der Waals surface area contributed by atoms with Gasteiger partial charge in [0.05, 0.1) is 22.8 Å². The molecule has 1 aliphatic rings.